The molecule has 1 fully saturated rings. The number of hydrogen-bond donors (Lipinski definition) is 1. The third-order valence-corrected chi connectivity index (χ3v) is 2.89. The summed E-state index contributed by atoms with van der Waals surface area (Å²) in [6.45, 7) is 5.07. The predicted octanol–water partition coefficient (Wildman–Crippen LogP) is 2.61. The maximum Gasteiger partial charge on any atom is 0.120 e. The zero-order valence-corrected chi connectivity index (χ0v) is 9.84. The van der Waals surface area contributed by atoms with E-state index in [-0.39, 0.29) is 11.8 Å². The van der Waals surface area contributed by atoms with Gasteiger partial charge in [-0.2, -0.15) is 0 Å². The fraction of sp³-hybridized carbons (Fsp3) is 0.500. The van der Waals surface area contributed by atoms with Gasteiger partial charge in [-0.1, -0.05) is 23.7 Å². The van der Waals surface area contributed by atoms with Gasteiger partial charge in [0.05, 0.1) is 6.10 Å². The Labute approximate surface area is 95.6 Å². The number of rotatable bonds is 2. The van der Waals surface area contributed by atoms with Crippen molar-refractivity contribution in [2.45, 2.75) is 32.1 Å². The van der Waals surface area contributed by atoms with Crippen molar-refractivity contribution >= 4 is 11.6 Å². The number of hydrogen-bond acceptors (Lipinski definition) is 2. The molecular weight excluding hydrogens is 210 g/mol. The van der Waals surface area contributed by atoms with Gasteiger partial charge in [0, 0.05) is 18.0 Å². The molecule has 0 aliphatic carbocycles. The van der Waals surface area contributed by atoms with Crippen molar-refractivity contribution in [2.24, 2.45) is 0 Å². The molecule has 1 aromatic carbocycles. The zero-order chi connectivity index (χ0) is 10.9. The quantitative estimate of drug-likeness (QED) is 0.836. The standard InChI is InChI=1S/C12H16ClNO/c1-9-8-14-12(2,15-9)7-10-4-3-5-11(13)6-10/h3-6,9,14H,7-8H2,1-2H3. The van der Waals surface area contributed by atoms with Crippen molar-refractivity contribution in [3.8, 4) is 0 Å². The molecule has 2 unspecified atom stereocenters. The first-order chi connectivity index (χ1) is 7.07. The third-order valence-electron chi connectivity index (χ3n) is 2.66. The Balaban J connectivity index is 2.08. The Morgan fingerprint density at radius 1 is 1.60 bits per heavy atom. The monoisotopic (exact) mass is 225 g/mol. The van der Waals surface area contributed by atoms with Gasteiger partial charge in [0.25, 0.3) is 0 Å². The molecule has 82 valence electrons. The molecule has 1 saturated heterocycles. The van der Waals surface area contributed by atoms with Gasteiger partial charge in [-0.25, -0.2) is 0 Å². The molecule has 0 saturated carbocycles. The fourth-order valence-electron chi connectivity index (χ4n) is 2.03. The highest BCUT2D eigenvalue weighted by Crippen LogP contribution is 2.22. The highest BCUT2D eigenvalue weighted by Gasteiger charge is 2.33. The van der Waals surface area contributed by atoms with Gasteiger partial charge >= 0.3 is 0 Å². The van der Waals surface area contributed by atoms with E-state index in [9.17, 15) is 0 Å². The summed E-state index contributed by atoms with van der Waals surface area (Å²) in [6.07, 6.45) is 1.13. The Hall–Kier alpha value is -0.570. The fourth-order valence-corrected chi connectivity index (χ4v) is 2.24. The van der Waals surface area contributed by atoms with Crippen molar-refractivity contribution in [3.05, 3.63) is 34.9 Å². The molecule has 1 heterocycles. The van der Waals surface area contributed by atoms with Crippen LogP contribution in [0.5, 0.6) is 0 Å². The topological polar surface area (TPSA) is 21.3 Å². The Morgan fingerprint density at radius 2 is 2.40 bits per heavy atom. The average Bonchev–Trinajstić information content (AvgIpc) is 2.45. The number of benzene rings is 1. The summed E-state index contributed by atoms with van der Waals surface area (Å²) < 4.78 is 5.84. The van der Waals surface area contributed by atoms with E-state index in [1.807, 2.05) is 18.2 Å². The highest BCUT2D eigenvalue weighted by atomic mass is 35.5. The van der Waals surface area contributed by atoms with Crippen LogP contribution in [0.1, 0.15) is 19.4 Å². The van der Waals surface area contributed by atoms with Crippen LogP contribution < -0.4 is 5.32 Å². The first-order valence-electron chi connectivity index (χ1n) is 5.25. The smallest absolute Gasteiger partial charge is 0.120 e. The molecule has 0 bridgehead atoms. The second-order valence-electron chi connectivity index (χ2n) is 4.35. The van der Waals surface area contributed by atoms with E-state index >= 15 is 0 Å². The van der Waals surface area contributed by atoms with E-state index in [0.717, 1.165) is 18.0 Å². The Kier molecular flexibility index (Phi) is 3.01. The van der Waals surface area contributed by atoms with Gasteiger partial charge in [0.2, 0.25) is 0 Å². The summed E-state index contributed by atoms with van der Waals surface area (Å²) in [4.78, 5) is 0. The lowest BCUT2D eigenvalue weighted by molar-refractivity contribution is -0.0292. The van der Waals surface area contributed by atoms with Crippen LogP contribution in [0.2, 0.25) is 5.02 Å². The lowest BCUT2D eigenvalue weighted by atomic mass is 10.0. The van der Waals surface area contributed by atoms with Crippen LogP contribution in [0.25, 0.3) is 0 Å². The summed E-state index contributed by atoms with van der Waals surface area (Å²) in [5, 5.41) is 4.17. The average molecular weight is 226 g/mol. The molecule has 2 nitrogen and oxygen atoms in total. The maximum absolute atomic E-state index is 5.94. The lowest BCUT2D eigenvalue weighted by Crippen LogP contribution is -2.39. The van der Waals surface area contributed by atoms with Gasteiger partial charge in [0.1, 0.15) is 5.72 Å². The van der Waals surface area contributed by atoms with E-state index in [2.05, 4.69) is 25.2 Å². The van der Waals surface area contributed by atoms with E-state index in [1.165, 1.54) is 5.56 Å². The second-order valence-corrected chi connectivity index (χ2v) is 4.78. The molecular formula is C12H16ClNO. The first-order valence-corrected chi connectivity index (χ1v) is 5.62. The summed E-state index contributed by atoms with van der Waals surface area (Å²) >= 11 is 5.94. The zero-order valence-electron chi connectivity index (χ0n) is 9.09. The van der Waals surface area contributed by atoms with Crippen molar-refractivity contribution in [3.63, 3.8) is 0 Å². The number of ether oxygens (including phenoxy) is 1. The van der Waals surface area contributed by atoms with Crippen LogP contribution in [0.15, 0.2) is 24.3 Å². The minimum absolute atomic E-state index is 0.246. The molecule has 3 heteroatoms. The Bertz CT molecular complexity index is 355. The van der Waals surface area contributed by atoms with Crippen molar-refractivity contribution < 1.29 is 4.74 Å². The molecule has 1 aliphatic rings. The van der Waals surface area contributed by atoms with E-state index in [4.69, 9.17) is 16.3 Å². The van der Waals surface area contributed by atoms with E-state index in [0.29, 0.717) is 0 Å². The molecule has 2 atom stereocenters. The van der Waals surface area contributed by atoms with Crippen molar-refractivity contribution in [1.82, 2.24) is 5.32 Å². The van der Waals surface area contributed by atoms with E-state index < -0.39 is 0 Å². The number of nitrogens with one attached hydrogen (secondary N) is 1. The summed E-state index contributed by atoms with van der Waals surface area (Å²) in [5.74, 6) is 0. The second kappa shape index (κ2) is 4.12. The first kappa shape index (κ1) is 10.9. The van der Waals surface area contributed by atoms with Crippen LogP contribution in [0, 0.1) is 0 Å². The molecule has 0 spiro atoms. The van der Waals surface area contributed by atoms with Crippen molar-refractivity contribution in [2.75, 3.05) is 6.54 Å². The molecule has 0 amide bonds. The van der Waals surface area contributed by atoms with E-state index in [1.54, 1.807) is 0 Å². The predicted molar refractivity (Wildman–Crippen MR) is 62.1 cm³/mol. The van der Waals surface area contributed by atoms with Gasteiger partial charge in [0.15, 0.2) is 0 Å². The van der Waals surface area contributed by atoms with Crippen LogP contribution in [-0.2, 0) is 11.2 Å². The molecule has 1 aromatic rings. The third kappa shape index (κ3) is 2.71. The Morgan fingerprint density at radius 3 is 3.00 bits per heavy atom. The van der Waals surface area contributed by atoms with Gasteiger partial charge in [-0.15, -0.1) is 0 Å². The summed E-state index contributed by atoms with van der Waals surface area (Å²) in [5.41, 5.74) is 0.955. The van der Waals surface area contributed by atoms with Crippen LogP contribution in [0.3, 0.4) is 0 Å². The molecule has 0 aromatic heterocycles. The largest absolute Gasteiger partial charge is 0.356 e. The SMILES string of the molecule is CC1CNC(C)(Cc2cccc(Cl)c2)O1. The molecule has 1 N–H and O–H groups in total. The van der Waals surface area contributed by atoms with Crippen molar-refractivity contribution in [1.29, 1.82) is 0 Å². The minimum atomic E-state index is -0.246. The van der Waals surface area contributed by atoms with Crippen LogP contribution >= 0.6 is 11.6 Å². The molecule has 0 radical (unpaired) electrons. The van der Waals surface area contributed by atoms with Crippen LogP contribution in [-0.4, -0.2) is 18.4 Å². The van der Waals surface area contributed by atoms with Gasteiger partial charge < -0.3 is 4.74 Å². The normalized spacial score (nSPS) is 30.7. The maximum atomic E-state index is 5.94. The minimum Gasteiger partial charge on any atom is -0.356 e. The summed E-state index contributed by atoms with van der Waals surface area (Å²) in [7, 11) is 0. The number of halogens is 1. The molecule has 1 aliphatic heterocycles. The molecule has 15 heavy (non-hydrogen) atoms. The van der Waals surface area contributed by atoms with Gasteiger partial charge in [-0.3, -0.25) is 5.32 Å². The highest BCUT2D eigenvalue weighted by molar-refractivity contribution is 6.30. The summed E-state index contributed by atoms with van der Waals surface area (Å²) in [6, 6.07) is 7.92. The van der Waals surface area contributed by atoms with Crippen LogP contribution in [0.4, 0.5) is 0 Å². The molecule has 2 rings (SSSR count). The lowest BCUT2D eigenvalue weighted by Gasteiger charge is -2.24. The van der Waals surface area contributed by atoms with Gasteiger partial charge in [-0.05, 0) is 31.5 Å².